The van der Waals surface area contributed by atoms with Crippen LogP contribution in [0.25, 0.3) is 0 Å². The summed E-state index contributed by atoms with van der Waals surface area (Å²) >= 11 is 0. The summed E-state index contributed by atoms with van der Waals surface area (Å²) in [5.74, 6) is -0.200. The lowest BCUT2D eigenvalue weighted by molar-refractivity contribution is 0.102. The second-order valence-electron chi connectivity index (χ2n) is 3.61. The minimum absolute atomic E-state index is 0.126. The van der Waals surface area contributed by atoms with Crippen molar-refractivity contribution in [3.8, 4) is 0 Å². The highest BCUT2D eigenvalue weighted by atomic mass is 16.2. The van der Waals surface area contributed by atoms with Crippen LogP contribution < -0.4 is 5.32 Å². The Kier molecular flexibility index (Phi) is 3.52. The molecule has 2 aromatic rings. The van der Waals surface area contributed by atoms with E-state index in [1.54, 1.807) is 0 Å². The molecule has 0 aliphatic rings. The van der Waals surface area contributed by atoms with Crippen LogP contribution in [-0.2, 0) is 6.42 Å². The first-order valence-electron chi connectivity index (χ1n) is 5.29. The van der Waals surface area contributed by atoms with E-state index in [4.69, 9.17) is 5.11 Å². The summed E-state index contributed by atoms with van der Waals surface area (Å²) in [5, 5.41) is 17.8. The molecule has 0 spiro atoms. The van der Waals surface area contributed by atoms with Crippen LogP contribution in [0.15, 0.2) is 36.7 Å². The summed E-state index contributed by atoms with van der Waals surface area (Å²) in [5.41, 5.74) is 2.25. The maximum Gasteiger partial charge on any atom is 0.258 e. The molecule has 17 heavy (non-hydrogen) atoms. The number of aromatic nitrogens is 2. The van der Waals surface area contributed by atoms with Gasteiger partial charge in [-0.1, -0.05) is 12.1 Å². The Morgan fingerprint density at radius 2 is 2.12 bits per heavy atom. The van der Waals surface area contributed by atoms with Gasteiger partial charge in [-0.05, 0) is 24.1 Å². The average molecular weight is 231 g/mol. The summed E-state index contributed by atoms with van der Waals surface area (Å²) in [6, 6.07) is 7.37. The molecule has 0 bridgehead atoms. The van der Waals surface area contributed by atoms with Crippen molar-refractivity contribution in [3.05, 3.63) is 47.8 Å². The lowest BCUT2D eigenvalue weighted by Gasteiger charge is -2.04. The molecule has 0 aliphatic heterocycles. The fraction of sp³-hybridized carbons (Fsp3) is 0.167. The maximum absolute atomic E-state index is 11.7. The zero-order chi connectivity index (χ0) is 12.1. The number of H-pyrrole nitrogens is 1. The number of amides is 1. The molecular weight excluding hydrogens is 218 g/mol. The zero-order valence-corrected chi connectivity index (χ0v) is 9.18. The SMILES string of the molecule is O=C(Nc1ccc(CCO)cc1)c1cn[nH]c1. The molecule has 5 heteroatoms. The fourth-order valence-electron chi connectivity index (χ4n) is 1.46. The van der Waals surface area contributed by atoms with Gasteiger partial charge >= 0.3 is 0 Å². The number of nitrogens with zero attached hydrogens (tertiary/aromatic N) is 1. The lowest BCUT2D eigenvalue weighted by atomic mass is 10.1. The Morgan fingerprint density at radius 3 is 2.71 bits per heavy atom. The molecule has 0 saturated carbocycles. The van der Waals surface area contributed by atoms with Gasteiger partial charge in [0.2, 0.25) is 0 Å². The van der Waals surface area contributed by atoms with E-state index in [1.165, 1.54) is 12.4 Å². The van der Waals surface area contributed by atoms with Crippen LogP contribution in [0.4, 0.5) is 5.69 Å². The van der Waals surface area contributed by atoms with Crippen LogP contribution in [0.2, 0.25) is 0 Å². The van der Waals surface area contributed by atoms with Gasteiger partial charge in [0.25, 0.3) is 5.91 Å². The van der Waals surface area contributed by atoms with E-state index in [9.17, 15) is 4.79 Å². The molecule has 1 aromatic carbocycles. The summed E-state index contributed by atoms with van der Waals surface area (Å²) in [6.45, 7) is 0.126. The van der Waals surface area contributed by atoms with Gasteiger partial charge in [0.1, 0.15) is 0 Å². The largest absolute Gasteiger partial charge is 0.396 e. The van der Waals surface area contributed by atoms with Gasteiger partial charge < -0.3 is 10.4 Å². The van der Waals surface area contributed by atoms with Crippen molar-refractivity contribution in [1.29, 1.82) is 0 Å². The van der Waals surface area contributed by atoms with Crippen molar-refractivity contribution in [2.24, 2.45) is 0 Å². The number of rotatable bonds is 4. The van der Waals surface area contributed by atoms with Crippen LogP contribution in [-0.4, -0.2) is 27.8 Å². The molecule has 0 saturated heterocycles. The number of aliphatic hydroxyl groups is 1. The Bertz CT molecular complexity index is 477. The second-order valence-corrected chi connectivity index (χ2v) is 3.61. The van der Waals surface area contributed by atoms with Gasteiger partial charge in [-0.3, -0.25) is 9.89 Å². The number of carbonyl (C=O) groups excluding carboxylic acids is 1. The fourth-order valence-corrected chi connectivity index (χ4v) is 1.46. The van der Waals surface area contributed by atoms with Crippen molar-refractivity contribution >= 4 is 11.6 Å². The number of hydrogen-bond acceptors (Lipinski definition) is 3. The van der Waals surface area contributed by atoms with Gasteiger partial charge in [0.15, 0.2) is 0 Å². The lowest BCUT2D eigenvalue weighted by Crippen LogP contribution is -2.10. The predicted octanol–water partition coefficient (Wildman–Crippen LogP) is 1.20. The number of nitrogens with one attached hydrogen (secondary N) is 2. The number of benzene rings is 1. The van der Waals surface area contributed by atoms with Gasteiger partial charge in [-0.2, -0.15) is 5.10 Å². The Labute approximate surface area is 98.5 Å². The van der Waals surface area contributed by atoms with E-state index in [-0.39, 0.29) is 12.5 Å². The van der Waals surface area contributed by atoms with Crippen LogP contribution in [0.5, 0.6) is 0 Å². The normalized spacial score (nSPS) is 10.2. The molecule has 0 aliphatic carbocycles. The zero-order valence-electron chi connectivity index (χ0n) is 9.18. The van der Waals surface area contributed by atoms with Crippen molar-refractivity contribution in [2.45, 2.75) is 6.42 Å². The van der Waals surface area contributed by atoms with Crippen LogP contribution >= 0.6 is 0 Å². The predicted molar refractivity (Wildman–Crippen MR) is 63.8 cm³/mol. The van der Waals surface area contributed by atoms with Crippen molar-refractivity contribution in [1.82, 2.24) is 10.2 Å². The number of anilines is 1. The minimum Gasteiger partial charge on any atom is -0.396 e. The van der Waals surface area contributed by atoms with E-state index < -0.39 is 0 Å². The first-order valence-corrected chi connectivity index (χ1v) is 5.29. The average Bonchev–Trinajstić information content (AvgIpc) is 2.86. The minimum atomic E-state index is -0.200. The van der Waals surface area contributed by atoms with Gasteiger partial charge in [-0.15, -0.1) is 0 Å². The van der Waals surface area contributed by atoms with E-state index in [0.29, 0.717) is 12.0 Å². The molecule has 0 atom stereocenters. The molecule has 1 heterocycles. The van der Waals surface area contributed by atoms with Gasteiger partial charge in [0.05, 0.1) is 11.8 Å². The van der Waals surface area contributed by atoms with Crippen molar-refractivity contribution in [3.63, 3.8) is 0 Å². The van der Waals surface area contributed by atoms with E-state index in [2.05, 4.69) is 15.5 Å². The molecule has 5 nitrogen and oxygen atoms in total. The molecule has 3 N–H and O–H groups in total. The van der Waals surface area contributed by atoms with Gasteiger partial charge in [-0.25, -0.2) is 0 Å². The van der Waals surface area contributed by atoms with Gasteiger partial charge in [0, 0.05) is 18.5 Å². The highest BCUT2D eigenvalue weighted by Gasteiger charge is 2.06. The molecule has 1 aromatic heterocycles. The monoisotopic (exact) mass is 231 g/mol. The molecule has 0 radical (unpaired) electrons. The summed E-state index contributed by atoms with van der Waals surface area (Å²) < 4.78 is 0. The van der Waals surface area contributed by atoms with Crippen molar-refractivity contribution < 1.29 is 9.90 Å². The molecule has 88 valence electrons. The third-order valence-corrected chi connectivity index (χ3v) is 2.37. The Balaban J connectivity index is 2.01. The summed E-state index contributed by atoms with van der Waals surface area (Å²) in [4.78, 5) is 11.7. The first-order chi connectivity index (χ1) is 8.29. The standard InChI is InChI=1S/C12H13N3O2/c16-6-5-9-1-3-11(4-2-9)15-12(17)10-7-13-14-8-10/h1-4,7-8,16H,5-6H2,(H,13,14)(H,15,17). The van der Waals surface area contributed by atoms with Crippen molar-refractivity contribution in [2.75, 3.05) is 11.9 Å². The molecule has 0 unspecified atom stereocenters. The highest BCUT2D eigenvalue weighted by Crippen LogP contribution is 2.11. The van der Waals surface area contributed by atoms with Crippen LogP contribution in [0, 0.1) is 0 Å². The van der Waals surface area contributed by atoms with Crippen LogP contribution in [0.3, 0.4) is 0 Å². The summed E-state index contributed by atoms with van der Waals surface area (Å²) in [6.07, 6.45) is 3.63. The first kappa shape index (κ1) is 11.3. The second kappa shape index (κ2) is 5.27. The van der Waals surface area contributed by atoms with E-state index in [0.717, 1.165) is 11.3 Å². The highest BCUT2D eigenvalue weighted by molar-refractivity contribution is 6.03. The number of hydrogen-bond donors (Lipinski definition) is 3. The van der Waals surface area contributed by atoms with E-state index >= 15 is 0 Å². The number of aliphatic hydroxyl groups excluding tert-OH is 1. The quantitative estimate of drug-likeness (QED) is 0.739. The maximum atomic E-state index is 11.7. The molecule has 0 fully saturated rings. The number of aromatic amines is 1. The number of carbonyl (C=O) groups is 1. The molecule has 1 amide bonds. The summed E-state index contributed by atoms with van der Waals surface area (Å²) in [7, 11) is 0. The topological polar surface area (TPSA) is 78.0 Å². The van der Waals surface area contributed by atoms with Crippen LogP contribution in [0.1, 0.15) is 15.9 Å². The van der Waals surface area contributed by atoms with E-state index in [1.807, 2.05) is 24.3 Å². The Hall–Kier alpha value is -2.14. The molecule has 2 rings (SSSR count). The third-order valence-electron chi connectivity index (χ3n) is 2.37. The smallest absolute Gasteiger partial charge is 0.258 e. The Morgan fingerprint density at radius 1 is 1.35 bits per heavy atom. The third kappa shape index (κ3) is 2.92. The molecular formula is C12H13N3O2.